The Morgan fingerprint density at radius 1 is 1.26 bits per heavy atom. The molecular formula is C16H23FN2. The maximum absolute atomic E-state index is 14.1. The van der Waals surface area contributed by atoms with Crippen LogP contribution in [0.25, 0.3) is 0 Å². The third-order valence-electron chi connectivity index (χ3n) is 4.87. The van der Waals surface area contributed by atoms with Crippen molar-refractivity contribution in [3.8, 4) is 0 Å². The Balaban J connectivity index is 1.84. The van der Waals surface area contributed by atoms with Gasteiger partial charge in [0.05, 0.1) is 0 Å². The van der Waals surface area contributed by atoms with E-state index in [0.717, 1.165) is 31.5 Å². The molecule has 1 aromatic rings. The molecule has 0 aromatic heterocycles. The predicted octanol–water partition coefficient (Wildman–Crippen LogP) is 2.69. The van der Waals surface area contributed by atoms with Crippen LogP contribution in [-0.2, 0) is 6.42 Å². The maximum Gasteiger partial charge on any atom is 0.128 e. The smallest absolute Gasteiger partial charge is 0.128 e. The molecule has 3 rings (SSSR count). The molecule has 0 spiro atoms. The molecule has 0 saturated carbocycles. The highest BCUT2D eigenvalue weighted by atomic mass is 19.1. The number of nitrogens with zero attached hydrogens (tertiary/aromatic N) is 2. The number of fused-ring (bicyclic) bond motifs is 1. The second kappa shape index (κ2) is 4.88. The second-order valence-electron chi connectivity index (χ2n) is 6.33. The van der Waals surface area contributed by atoms with E-state index in [1.807, 2.05) is 6.07 Å². The number of hydrogen-bond acceptors (Lipinski definition) is 2. The number of likely N-dealkylation sites (N-methyl/N-ethyl adjacent to an activating group) is 1. The van der Waals surface area contributed by atoms with Crippen molar-refractivity contribution in [1.29, 1.82) is 0 Å². The highest BCUT2D eigenvalue weighted by Crippen LogP contribution is 2.40. The van der Waals surface area contributed by atoms with E-state index >= 15 is 0 Å². The summed E-state index contributed by atoms with van der Waals surface area (Å²) in [6.07, 6.45) is 2.10. The van der Waals surface area contributed by atoms with Crippen LogP contribution >= 0.6 is 0 Å². The Labute approximate surface area is 115 Å². The predicted molar refractivity (Wildman–Crippen MR) is 75.7 cm³/mol. The minimum atomic E-state index is -0.0130. The van der Waals surface area contributed by atoms with Crippen molar-refractivity contribution < 1.29 is 4.39 Å². The van der Waals surface area contributed by atoms with Gasteiger partial charge in [0.1, 0.15) is 5.82 Å². The fourth-order valence-corrected chi connectivity index (χ4v) is 3.89. The molecule has 1 aliphatic carbocycles. The normalized spacial score (nSPS) is 31.1. The SMILES string of the molecule is C[C@@H]1CN([C@@H]2CCc3cccc(F)c32)C[C@H]1N(C)C. The molecule has 1 fully saturated rings. The molecule has 0 unspecified atom stereocenters. The van der Waals surface area contributed by atoms with E-state index in [-0.39, 0.29) is 5.82 Å². The van der Waals surface area contributed by atoms with Gasteiger partial charge in [0.15, 0.2) is 0 Å². The first-order chi connectivity index (χ1) is 9.08. The van der Waals surface area contributed by atoms with Gasteiger partial charge in [0, 0.05) is 30.7 Å². The average Bonchev–Trinajstić information content (AvgIpc) is 2.93. The van der Waals surface area contributed by atoms with Gasteiger partial charge in [-0.3, -0.25) is 4.90 Å². The molecule has 0 amide bonds. The number of hydrogen-bond donors (Lipinski definition) is 0. The lowest BCUT2D eigenvalue weighted by Gasteiger charge is -2.26. The number of rotatable bonds is 2. The molecule has 104 valence electrons. The van der Waals surface area contributed by atoms with Gasteiger partial charge in [-0.05, 0) is 44.5 Å². The van der Waals surface area contributed by atoms with Gasteiger partial charge in [-0.25, -0.2) is 4.39 Å². The summed E-state index contributed by atoms with van der Waals surface area (Å²) in [5, 5.41) is 0. The molecule has 1 aliphatic heterocycles. The first kappa shape index (κ1) is 13.1. The summed E-state index contributed by atoms with van der Waals surface area (Å²) in [4.78, 5) is 4.80. The van der Waals surface area contributed by atoms with E-state index in [2.05, 4.69) is 36.9 Å². The summed E-state index contributed by atoms with van der Waals surface area (Å²) in [7, 11) is 4.29. The molecule has 3 heteroatoms. The van der Waals surface area contributed by atoms with E-state index in [4.69, 9.17) is 0 Å². The summed E-state index contributed by atoms with van der Waals surface area (Å²) in [5.41, 5.74) is 2.18. The number of halogens is 1. The standard InChI is InChI=1S/C16H23FN2/c1-11-9-19(10-15(11)18(2)3)14-8-7-12-5-4-6-13(17)16(12)14/h4-6,11,14-15H,7-10H2,1-3H3/t11-,14-,15-/m1/s1. The average molecular weight is 262 g/mol. The minimum Gasteiger partial charge on any atom is -0.305 e. The lowest BCUT2D eigenvalue weighted by molar-refractivity contribution is 0.213. The van der Waals surface area contributed by atoms with Crippen LogP contribution in [0.2, 0.25) is 0 Å². The Bertz CT molecular complexity index is 472. The molecule has 0 radical (unpaired) electrons. The van der Waals surface area contributed by atoms with Crippen LogP contribution < -0.4 is 0 Å². The van der Waals surface area contributed by atoms with Crippen LogP contribution in [0, 0.1) is 11.7 Å². The van der Waals surface area contributed by atoms with Gasteiger partial charge in [-0.1, -0.05) is 19.1 Å². The fraction of sp³-hybridized carbons (Fsp3) is 0.625. The Hall–Kier alpha value is -0.930. The highest BCUT2D eigenvalue weighted by Gasteiger charge is 2.38. The van der Waals surface area contributed by atoms with Gasteiger partial charge in [0.25, 0.3) is 0 Å². The number of likely N-dealkylation sites (tertiary alicyclic amines) is 1. The van der Waals surface area contributed by atoms with Gasteiger partial charge in [-0.15, -0.1) is 0 Å². The van der Waals surface area contributed by atoms with E-state index in [9.17, 15) is 4.39 Å². The summed E-state index contributed by atoms with van der Waals surface area (Å²) in [6, 6.07) is 6.42. The van der Waals surface area contributed by atoms with Crippen molar-refractivity contribution in [2.45, 2.75) is 31.8 Å². The molecule has 2 aliphatic rings. The molecule has 3 atom stereocenters. The summed E-state index contributed by atoms with van der Waals surface area (Å²) >= 11 is 0. The topological polar surface area (TPSA) is 6.48 Å². The van der Waals surface area contributed by atoms with Gasteiger partial charge >= 0.3 is 0 Å². The van der Waals surface area contributed by atoms with E-state index < -0.39 is 0 Å². The first-order valence-corrected chi connectivity index (χ1v) is 7.25. The van der Waals surface area contributed by atoms with E-state index in [0.29, 0.717) is 18.0 Å². The van der Waals surface area contributed by atoms with Crippen molar-refractivity contribution in [2.75, 3.05) is 27.2 Å². The molecule has 0 bridgehead atoms. The molecular weight excluding hydrogens is 239 g/mol. The zero-order chi connectivity index (χ0) is 13.6. The second-order valence-corrected chi connectivity index (χ2v) is 6.33. The lowest BCUT2D eigenvalue weighted by Crippen LogP contribution is -2.35. The summed E-state index contributed by atoms with van der Waals surface area (Å²) in [6.45, 7) is 4.45. The van der Waals surface area contributed by atoms with Gasteiger partial charge in [0.2, 0.25) is 0 Å². The Morgan fingerprint density at radius 2 is 2.05 bits per heavy atom. The van der Waals surface area contributed by atoms with Crippen molar-refractivity contribution in [3.63, 3.8) is 0 Å². The van der Waals surface area contributed by atoms with Crippen LogP contribution in [0.5, 0.6) is 0 Å². The van der Waals surface area contributed by atoms with Crippen LogP contribution in [0.3, 0.4) is 0 Å². The molecule has 1 heterocycles. The van der Waals surface area contributed by atoms with Crippen LogP contribution in [0.4, 0.5) is 4.39 Å². The highest BCUT2D eigenvalue weighted by molar-refractivity contribution is 5.36. The molecule has 1 aromatic carbocycles. The maximum atomic E-state index is 14.1. The monoisotopic (exact) mass is 262 g/mol. The minimum absolute atomic E-state index is 0.0130. The molecule has 2 nitrogen and oxygen atoms in total. The number of benzene rings is 1. The molecule has 1 saturated heterocycles. The molecule has 19 heavy (non-hydrogen) atoms. The largest absolute Gasteiger partial charge is 0.305 e. The Kier molecular flexibility index (Phi) is 3.35. The third-order valence-corrected chi connectivity index (χ3v) is 4.87. The van der Waals surface area contributed by atoms with Crippen molar-refractivity contribution in [1.82, 2.24) is 9.80 Å². The zero-order valence-electron chi connectivity index (χ0n) is 12.1. The first-order valence-electron chi connectivity index (χ1n) is 7.25. The fourth-order valence-electron chi connectivity index (χ4n) is 3.89. The Morgan fingerprint density at radius 3 is 2.74 bits per heavy atom. The van der Waals surface area contributed by atoms with E-state index in [1.165, 1.54) is 5.56 Å². The zero-order valence-corrected chi connectivity index (χ0v) is 12.1. The lowest BCUT2D eigenvalue weighted by atomic mass is 10.1. The van der Waals surface area contributed by atoms with Gasteiger partial charge in [-0.2, -0.15) is 0 Å². The third kappa shape index (κ3) is 2.19. The quantitative estimate of drug-likeness (QED) is 0.808. The summed E-state index contributed by atoms with van der Waals surface area (Å²) < 4.78 is 14.1. The van der Waals surface area contributed by atoms with Crippen LogP contribution in [0.1, 0.15) is 30.5 Å². The number of aryl methyl sites for hydroxylation is 1. The van der Waals surface area contributed by atoms with Crippen molar-refractivity contribution >= 4 is 0 Å². The van der Waals surface area contributed by atoms with Gasteiger partial charge < -0.3 is 4.90 Å². The van der Waals surface area contributed by atoms with Crippen LogP contribution in [0.15, 0.2) is 18.2 Å². The molecule has 0 N–H and O–H groups in total. The summed E-state index contributed by atoms with van der Waals surface area (Å²) in [5.74, 6) is 0.645. The van der Waals surface area contributed by atoms with E-state index in [1.54, 1.807) is 6.07 Å². The van der Waals surface area contributed by atoms with Crippen molar-refractivity contribution in [2.24, 2.45) is 5.92 Å². The van der Waals surface area contributed by atoms with Crippen LogP contribution in [-0.4, -0.2) is 43.0 Å². The van der Waals surface area contributed by atoms with Crippen molar-refractivity contribution in [3.05, 3.63) is 35.1 Å².